The summed E-state index contributed by atoms with van der Waals surface area (Å²) in [4.78, 5) is 3.31. The lowest BCUT2D eigenvalue weighted by Crippen LogP contribution is -2.33. The molecular weight excluding hydrogens is 294 g/mol. The Morgan fingerprint density at radius 2 is 2.10 bits per heavy atom. The summed E-state index contributed by atoms with van der Waals surface area (Å²) < 4.78 is 27.4. The Morgan fingerprint density at radius 1 is 1.35 bits per heavy atom. The molecule has 114 valence electrons. The molecule has 0 radical (unpaired) electrons. The molecule has 1 fully saturated rings. The number of likely N-dealkylation sites (N-methyl/N-ethyl adjacent to an activating group) is 2. The third kappa shape index (κ3) is 4.53. The smallest absolute Gasteiger partial charge is 0.250 e. The normalized spacial score (nSPS) is 15.9. The minimum Gasteiger partial charge on any atom is -0.319 e. The molecule has 1 aliphatic carbocycles. The third-order valence-electron chi connectivity index (χ3n) is 3.45. The molecule has 1 saturated carbocycles. The van der Waals surface area contributed by atoms with Gasteiger partial charge in [-0.25, -0.2) is 13.1 Å². The number of nitrogens with one attached hydrogen (secondary N) is 2. The zero-order valence-electron chi connectivity index (χ0n) is 12.1. The lowest BCUT2D eigenvalue weighted by atomic mass is 10.3. The van der Waals surface area contributed by atoms with Crippen molar-refractivity contribution in [3.8, 4) is 0 Å². The summed E-state index contributed by atoms with van der Waals surface area (Å²) in [7, 11) is 0.597. The van der Waals surface area contributed by atoms with Gasteiger partial charge in [-0.2, -0.15) is 0 Å². The first-order valence-electron chi connectivity index (χ1n) is 6.96. The standard InChI is InChI=1S/C13H23N3O2S2/c1-14-8-7-12-5-6-13(19-12)20(17,18)15-9-10-16(2)11-3-4-11/h5-6,11,14-15H,3-4,7-10H2,1-2H3. The molecule has 2 N–H and O–H groups in total. The number of sulfonamides is 1. The van der Waals surface area contributed by atoms with Crippen LogP contribution in [0.15, 0.2) is 16.3 Å². The van der Waals surface area contributed by atoms with Crippen LogP contribution in [-0.2, 0) is 16.4 Å². The summed E-state index contributed by atoms with van der Waals surface area (Å²) in [6.07, 6.45) is 3.34. The van der Waals surface area contributed by atoms with Crippen LogP contribution in [0, 0.1) is 0 Å². The quantitative estimate of drug-likeness (QED) is 0.710. The summed E-state index contributed by atoms with van der Waals surface area (Å²) in [5.41, 5.74) is 0. The molecule has 0 bridgehead atoms. The molecule has 7 heteroatoms. The van der Waals surface area contributed by atoms with E-state index in [2.05, 4.69) is 14.9 Å². The van der Waals surface area contributed by atoms with Gasteiger partial charge < -0.3 is 10.2 Å². The van der Waals surface area contributed by atoms with Crippen LogP contribution < -0.4 is 10.0 Å². The van der Waals surface area contributed by atoms with Gasteiger partial charge in [0.05, 0.1) is 0 Å². The molecule has 0 aromatic carbocycles. The second-order valence-corrected chi connectivity index (χ2v) is 8.35. The predicted molar refractivity (Wildman–Crippen MR) is 82.8 cm³/mol. The van der Waals surface area contributed by atoms with Crippen molar-refractivity contribution in [2.75, 3.05) is 33.7 Å². The molecule has 0 amide bonds. The van der Waals surface area contributed by atoms with Crippen molar-refractivity contribution in [3.05, 3.63) is 17.0 Å². The largest absolute Gasteiger partial charge is 0.319 e. The van der Waals surface area contributed by atoms with E-state index in [-0.39, 0.29) is 0 Å². The van der Waals surface area contributed by atoms with E-state index in [1.807, 2.05) is 20.2 Å². The average molecular weight is 317 g/mol. The highest BCUT2D eigenvalue weighted by atomic mass is 32.2. The topological polar surface area (TPSA) is 61.4 Å². The molecule has 0 aliphatic heterocycles. The van der Waals surface area contributed by atoms with Gasteiger partial charge in [0, 0.05) is 24.0 Å². The molecular formula is C13H23N3O2S2. The van der Waals surface area contributed by atoms with Gasteiger partial charge in [0.2, 0.25) is 10.0 Å². The summed E-state index contributed by atoms with van der Waals surface area (Å²) in [6.45, 7) is 2.10. The van der Waals surface area contributed by atoms with Gasteiger partial charge in [-0.1, -0.05) is 0 Å². The Morgan fingerprint density at radius 3 is 2.75 bits per heavy atom. The molecule has 20 heavy (non-hydrogen) atoms. The van der Waals surface area contributed by atoms with Crippen LogP contribution in [-0.4, -0.2) is 53.1 Å². The van der Waals surface area contributed by atoms with Crippen molar-refractivity contribution in [1.29, 1.82) is 0 Å². The number of rotatable bonds is 9. The van der Waals surface area contributed by atoms with Crippen molar-refractivity contribution in [1.82, 2.24) is 14.9 Å². The van der Waals surface area contributed by atoms with Gasteiger partial charge in [-0.15, -0.1) is 11.3 Å². The maximum Gasteiger partial charge on any atom is 0.250 e. The third-order valence-corrected chi connectivity index (χ3v) is 6.55. The summed E-state index contributed by atoms with van der Waals surface area (Å²) in [5.74, 6) is 0. The second kappa shape index (κ2) is 7.00. The van der Waals surface area contributed by atoms with Gasteiger partial charge >= 0.3 is 0 Å². The van der Waals surface area contributed by atoms with Gasteiger partial charge in [0.15, 0.2) is 0 Å². The highest BCUT2D eigenvalue weighted by Crippen LogP contribution is 2.25. The van der Waals surface area contributed by atoms with Gasteiger partial charge in [-0.05, 0) is 52.0 Å². The highest BCUT2D eigenvalue weighted by molar-refractivity contribution is 7.91. The van der Waals surface area contributed by atoms with Crippen molar-refractivity contribution >= 4 is 21.4 Å². The van der Waals surface area contributed by atoms with E-state index in [1.165, 1.54) is 24.2 Å². The first-order valence-corrected chi connectivity index (χ1v) is 9.26. The zero-order chi connectivity index (χ0) is 14.6. The van der Waals surface area contributed by atoms with Crippen LogP contribution in [0.25, 0.3) is 0 Å². The Hall–Kier alpha value is -0.470. The van der Waals surface area contributed by atoms with E-state index in [0.29, 0.717) is 16.8 Å². The highest BCUT2D eigenvalue weighted by Gasteiger charge is 2.26. The Balaban J connectivity index is 1.83. The van der Waals surface area contributed by atoms with Crippen molar-refractivity contribution in [3.63, 3.8) is 0 Å². The van der Waals surface area contributed by atoms with Crippen LogP contribution in [0.4, 0.5) is 0 Å². The van der Waals surface area contributed by atoms with Crippen LogP contribution >= 0.6 is 11.3 Å². The molecule has 0 atom stereocenters. The van der Waals surface area contributed by atoms with Gasteiger partial charge in [-0.3, -0.25) is 0 Å². The lowest BCUT2D eigenvalue weighted by molar-refractivity contribution is 0.329. The van der Waals surface area contributed by atoms with Crippen LogP contribution in [0.1, 0.15) is 17.7 Å². The summed E-state index contributed by atoms with van der Waals surface area (Å²) in [6, 6.07) is 4.25. The minimum atomic E-state index is -3.34. The maximum atomic E-state index is 12.2. The molecule has 5 nitrogen and oxygen atoms in total. The van der Waals surface area contributed by atoms with E-state index in [0.717, 1.165) is 24.4 Å². The second-order valence-electron chi connectivity index (χ2n) is 5.18. The molecule has 1 aromatic rings. The summed E-state index contributed by atoms with van der Waals surface area (Å²) >= 11 is 1.35. The van der Waals surface area contributed by atoms with Crippen molar-refractivity contribution in [2.24, 2.45) is 0 Å². The zero-order valence-corrected chi connectivity index (χ0v) is 13.7. The number of thiophene rings is 1. The van der Waals surface area contributed by atoms with Gasteiger partial charge in [0.25, 0.3) is 0 Å². The fraction of sp³-hybridized carbons (Fsp3) is 0.692. The number of nitrogens with zero attached hydrogens (tertiary/aromatic N) is 1. The van der Waals surface area contributed by atoms with Crippen LogP contribution in [0.5, 0.6) is 0 Å². The lowest BCUT2D eigenvalue weighted by Gasteiger charge is -2.15. The minimum absolute atomic E-state index is 0.415. The Bertz CT molecular complexity index is 523. The van der Waals surface area contributed by atoms with E-state index in [9.17, 15) is 8.42 Å². The SMILES string of the molecule is CNCCc1ccc(S(=O)(=O)NCCN(C)C2CC2)s1. The summed E-state index contributed by atoms with van der Waals surface area (Å²) in [5, 5.41) is 3.06. The first kappa shape index (κ1) is 15.9. The fourth-order valence-corrected chi connectivity index (χ4v) is 4.43. The fourth-order valence-electron chi connectivity index (χ4n) is 2.01. The number of hydrogen-bond acceptors (Lipinski definition) is 5. The predicted octanol–water partition coefficient (Wildman–Crippen LogP) is 0.882. The monoisotopic (exact) mass is 317 g/mol. The molecule has 0 saturated heterocycles. The molecule has 2 rings (SSSR count). The Labute approximate surface area is 125 Å². The molecule has 0 spiro atoms. The average Bonchev–Trinajstić information content (AvgIpc) is 3.14. The molecule has 1 heterocycles. The van der Waals surface area contributed by atoms with E-state index in [1.54, 1.807) is 6.07 Å². The molecule has 1 aromatic heterocycles. The molecule has 1 aliphatic rings. The van der Waals surface area contributed by atoms with Crippen LogP contribution in [0.3, 0.4) is 0 Å². The Kier molecular flexibility index (Phi) is 5.57. The molecule has 0 unspecified atom stereocenters. The van der Waals surface area contributed by atoms with Gasteiger partial charge in [0.1, 0.15) is 4.21 Å². The van der Waals surface area contributed by atoms with Crippen LogP contribution in [0.2, 0.25) is 0 Å². The first-order chi connectivity index (χ1) is 9.53. The van der Waals surface area contributed by atoms with E-state index >= 15 is 0 Å². The maximum absolute atomic E-state index is 12.2. The van der Waals surface area contributed by atoms with Crippen molar-refractivity contribution < 1.29 is 8.42 Å². The number of hydrogen-bond donors (Lipinski definition) is 2. The van der Waals surface area contributed by atoms with E-state index in [4.69, 9.17) is 0 Å². The van der Waals surface area contributed by atoms with E-state index < -0.39 is 10.0 Å². The van der Waals surface area contributed by atoms with Crippen molar-refractivity contribution in [2.45, 2.75) is 29.5 Å².